The number of carbonyl (C=O) groups is 4. The monoisotopic (exact) mass is 1080 g/mol. The molecule has 17 nitrogen and oxygen atoms in total. The van der Waals surface area contributed by atoms with E-state index in [0.29, 0.717) is 61.0 Å². The number of furan rings is 2. The molecule has 2 aliphatic carbocycles. The predicted octanol–water partition coefficient (Wildman–Crippen LogP) is 11.7. The molecule has 388 valence electrons. The number of nitrogens with zero attached hydrogens (tertiary/aromatic N) is 3. The van der Waals surface area contributed by atoms with Crippen LogP contribution in [0.1, 0.15) is 91.4 Å². The minimum absolute atomic E-state index is 0. The van der Waals surface area contributed by atoms with Crippen molar-refractivity contribution in [1.29, 1.82) is 0 Å². The number of methoxy groups -OCH3 is 2. The fourth-order valence-corrected chi connectivity index (χ4v) is 9.11. The molecule has 2 atom stereocenters. The quantitative estimate of drug-likeness (QED) is 0.0815. The summed E-state index contributed by atoms with van der Waals surface area (Å²) in [5.41, 5.74) is 7.73. The number of para-hydroxylation sites is 2. The number of amides is 4. The van der Waals surface area contributed by atoms with Crippen molar-refractivity contribution in [1.82, 2.24) is 14.5 Å². The molecule has 3 aliphatic rings. The number of halogens is 4. The first-order valence-electron chi connectivity index (χ1n) is 23.6. The lowest BCUT2D eigenvalue weighted by molar-refractivity contribution is -0.185. The van der Waals surface area contributed by atoms with E-state index in [-0.39, 0.29) is 78.6 Å². The fraction of sp³-hybridized carbons (Fsp3) is 0.346. The summed E-state index contributed by atoms with van der Waals surface area (Å²) in [6, 6.07) is 25.5. The predicted molar refractivity (Wildman–Crippen MR) is 286 cm³/mol. The molecule has 0 bridgehead atoms. The van der Waals surface area contributed by atoms with Crippen molar-refractivity contribution in [2.75, 3.05) is 35.5 Å². The number of carbonyl (C=O) groups excluding carboxylic acids is 4. The van der Waals surface area contributed by atoms with Gasteiger partial charge >= 0.3 is 0 Å². The lowest BCUT2D eigenvalue weighted by Crippen LogP contribution is -2.32. The van der Waals surface area contributed by atoms with Crippen molar-refractivity contribution in [3.05, 3.63) is 131 Å². The molecule has 21 heteroatoms. The van der Waals surface area contributed by atoms with Crippen LogP contribution in [0.5, 0.6) is 0 Å². The topological polar surface area (TPSA) is 227 Å². The molecule has 2 aromatic carbocycles. The second kappa shape index (κ2) is 26.8. The average molecular weight is 1080 g/mol. The van der Waals surface area contributed by atoms with E-state index in [2.05, 4.69) is 48.2 Å². The highest BCUT2D eigenvalue weighted by Crippen LogP contribution is 2.37. The largest absolute Gasteiger partial charge is 0.449 e. The van der Waals surface area contributed by atoms with Crippen molar-refractivity contribution in [3.8, 4) is 0 Å². The van der Waals surface area contributed by atoms with Crippen molar-refractivity contribution in [2.24, 2.45) is 17.6 Å². The standard InChI is InChI=1S/C25H23ClN4O3.C21H21ClN4O3.C6H12O3.2ClH/c26-17-9-12-21(27-15-17)28-25(32)23-22(19-5-1-2-6-20(19)33-23)29-24(31)16-7-10-18(11-8-16)30-13-3-4-14-30;22-13-7-10-17(24-11-13)25-21(28)19-18(15-3-1-2-4-16(15)29-19)26-20(27)12-5-8-14(23)9-6-12;1-7-5-3-4-6(8-2)9-5;;/h1-6,9,12-16,18H,7-8,10-11H2,(H,29,31)(H,27,28,32);1-4,7,10-12,14H,5-6,8-9,23H2,(H,26,27)(H,24,25,28);5-6H,3-4H2,1-2H3;2*1H. The van der Waals surface area contributed by atoms with Gasteiger partial charge in [0.1, 0.15) is 34.2 Å². The Hall–Kier alpha value is -6.02. The second-order valence-electron chi connectivity index (χ2n) is 17.5. The highest BCUT2D eigenvalue weighted by molar-refractivity contribution is 6.30. The van der Waals surface area contributed by atoms with Gasteiger partial charge in [0.2, 0.25) is 23.3 Å². The molecule has 3 fully saturated rings. The number of hydrogen-bond donors (Lipinski definition) is 5. The van der Waals surface area contributed by atoms with Crippen LogP contribution in [0.4, 0.5) is 23.0 Å². The summed E-state index contributed by atoms with van der Waals surface area (Å²) < 4.78 is 28.9. The van der Waals surface area contributed by atoms with Crippen molar-refractivity contribution in [2.45, 2.75) is 88.9 Å². The summed E-state index contributed by atoms with van der Waals surface area (Å²) in [4.78, 5) is 60.0. The third kappa shape index (κ3) is 14.6. The Bertz CT molecular complexity index is 2890. The van der Waals surface area contributed by atoms with Gasteiger partial charge in [0, 0.05) is 86.5 Å². The minimum Gasteiger partial charge on any atom is -0.449 e. The van der Waals surface area contributed by atoms with Gasteiger partial charge in [-0.2, -0.15) is 0 Å². The zero-order chi connectivity index (χ0) is 49.9. The number of pyridine rings is 2. The van der Waals surface area contributed by atoms with Gasteiger partial charge in [-0.15, -0.1) is 24.8 Å². The van der Waals surface area contributed by atoms with Gasteiger partial charge in [0.15, 0.2) is 12.6 Å². The molecule has 7 aromatic rings. The molecule has 5 aromatic heterocycles. The molecule has 2 unspecified atom stereocenters. The first-order chi connectivity index (χ1) is 34.5. The van der Waals surface area contributed by atoms with E-state index in [9.17, 15) is 19.2 Å². The Labute approximate surface area is 444 Å². The minimum atomic E-state index is -0.503. The number of benzene rings is 2. The summed E-state index contributed by atoms with van der Waals surface area (Å²) in [7, 11) is 3.28. The van der Waals surface area contributed by atoms with Gasteiger partial charge in [0.25, 0.3) is 11.8 Å². The normalized spacial score (nSPS) is 20.2. The van der Waals surface area contributed by atoms with Gasteiger partial charge in [0.05, 0.1) is 10.0 Å². The summed E-state index contributed by atoms with van der Waals surface area (Å²) >= 11 is 11.7. The van der Waals surface area contributed by atoms with Crippen LogP contribution in [0.25, 0.3) is 21.9 Å². The van der Waals surface area contributed by atoms with Crippen LogP contribution in [0.2, 0.25) is 10.0 Å². The van der Waals surface area contributed by atoms with Crippen molar-refractivity contribution >= 4 is 117 Å². The number of fused-ring (bicyclic) bond motifs is 2. The number of nitrogens with two attached hydrogens (primary N) is 1. The Balaban J connectivity index is 0.000000200. The van der Waals surface area contributed by atoms with E-state index < -0.39 is 11.8 Å². The lowest BCUT2D eigenvalue weighted by Gasteiger charge is -2.28. The Kier molecular flexibility index (Phi) is 20.7. The molecule has 4 amide bonds. The smallest absolute Gasteiger partial charge is 0.294 e. The number of nitrogens with one attached hydrogen (secondary N) is 4. The molecule has 0 radical (unpaired) electrons. The molecule has 10 rings (SSSR count). The zero-order valence-electron chi connectivity index (χ0n) is 40.1. The van der Waals surface area contributed by atoms with E-state index >= 15 is 0 Å². The average Bonchev–Trinajstić information content (AvgIpc) is 4.23. The van der Waals surface area contributed by atoms with Crippen LogP contribution in [-0.2, 0) is 23.8 Å². The van der Waals surface area contributed by atoms with Crippen LogP contribution in [0.15, 0.2) is 119 Å². The number of hydrogen-bond acceptors (Lipinski definition) is 12. The van der Waals surface area contributed by atoms with Crippen LogP contribution in [-0.4, -0.2) is 71.0 Å². The fourth-order valence-electron chi connectivity index (χ4n) is 8.89. The SMILES string of the molecule is COC1CCC(OC)O1.Cl.Cl.NC1CCC(C(=O)Nc2c(C(=O)Nc3ccc(Cl)cn3)oc3ccccc23)CC1.O=C(Nc1ccc(Cl)cn1)c1oc2ccccc2c1NC(=O)C1CCC(n2cccc2)CC1. The molecule has 6 N–H and O–H groups in total. The van der Waals surface area contributed by atoms with Crippen molar-refractivity contribution in [3.63, 3.8) is 0 Å². The van der Waals surface area contributed by atoms with Gasteiger partial charge in [-0.1, -0.05) is 47.5 Å². The molecule has 6 heterocycles. The maximum Gasteiger partial charge on any atom is 0.294 e. The third-order valence-corrected chi connectivity index (χ3v) is 13.2. The van der Waals surface area contributed by atoms with E-state index in [1.807, 2.05) is 48.5 Å². The Morgan fingerprint density at radius 3 is 1.40 bits per heavy atom. The number of aromatic nitrogens is 3. The molecule has 1 saturated heterocycles. The first-order valence-corrected chi connectivity index (χ1v) is 24.3. The molecular weight excluding hydrogens is 1020 g/mol. The number of ether oxygens (including phenoxy) is 3. The maximum absolute atomic E-state index is 13.2. The molecule has 2 saturated carbocycles. The highest BCUT2D eigenvalue weighted by atomic mass is 35.5. The van der Waals surface area contributed by atoms with Gasteiger partial charge in [-0.25, -0.2) is 9.97 Å². The number of rotatable bonds is 11. The van der Waals surface area contributed by atoms with E-state index in [0.717, 1.165) is 64.2 Å². The van der Waals surface area contributed by atoms with Crippen LogP contribution in [0, 0.1) is 11.8 Å². The second-order valence-corrected chi connectivity index (χ2v) is 18.4. The number of anilines is 4. The first kappa shape index (κ1) is 56.3. The van der Waals surface area contributed by atoms with Gasteiger partial charge < -0.3 is 54.6 Å². The maximum atomic E-state index is 13.2. The third-order valence-electron chi connectivity index (χ3n) is 12.8. The van der Waals surface area contributed by atoms with Crippen LogP contribution < -0.4 is 27.0 Å². The summed E-state index contributed by atoms with van der Waals surface area (Å²) in [6.45, 7) is 0. The van der Waals surface area contributed by atoms with E-state index in [1.165, 1.54) is 12.4 Å². The molecule has 73 heavy (non-hydrogen) atoms. The van der Waals surface area contributed by atoms with Crippen LogP contribution >= 0.6 is 48.0 Å². The highest BCUT2D eigenvalue weighted by Gasteiger charge is 2.31. The summed E-state index contributed by atoms with van der Waals surface area (Å²) in [5.74, 6) is -0.704. The summed E-state index contributed by atoms with van der Waals surface area (Å²) in [5, 5.41) is 13.6. The molecule has 1 aliphatic heterocycles. The van der Waals surface area contributed by atoms with Gasteiger partial charge in [-0.05, 0) is 112 Å². The Morgan fingerprint density at radius 2 is 1.00 bits per heavy atom. The van der Waals surface area contributed by atoms with Crippen molar-refractivity contribution < 1.29 is 42.2 Å². The summed E-state index contributed by atoms with van der Waals surface area (Å²) in [6.07, 6.45) is 15.4. The lowest BCUT2D eigenvalue weighted by atomic mass is 9.85. The molecule has 0 spiro atoms. The Morgan fingerprint density at radius 1 is 0.575 bits per heavy atom. The van der Waals surface area contributed by atoms with Gasteiger partial charge in [-0.3, -0.25) is 19.2 Å². The van der Waals surface area contributed by atoms with Crippen LogP contribution in [0.3, 0.4) is 0 Å². The molecular formula is C52H58Cl4N8O9. The van der Waals surface area contributed by atoms with E-state index in [1.54, 1.807) is 50.6 Å². The van der Waals surface area contributed by atoms with E-state index in [4.69, 9.17) is 52.0 Å². The zero-order valence-corrected chi connectivity index (χ0v) is 43.2.